The highest BCUT2D eigenvalue weighted by Gasteiger charge is 2.20. The van der Waals surface area contributed by atoms with Crippen molar-refractivity contribution < 1.29 is 9.90 Å². The minimum absolute atomic E-state index is 0.495. The second-order valence-corrected chi connectivity index (χ2v) is 2.60. The van der Waals surface area contributed by atoms with Crippen LogP contribution >= 0.6 is 0 Å². The molecule has 4 heteroatoms. The van der Waals surface area contributed by atoms with Crippen molar-refractivity contribution in [2.75, 3.05) is 19.6 Å². The van der Waals surface area contributed by atoms with Gasteiger partial charge in [0.25, 0.3) is 0 Å². The Bertz CT molecular complexity index is 134. The predicted octanol–water partition coefficient (Wildman–Crippen LogP) is -0.896. The molecular formula is C6H12N2O2. The van der Waals surface area contributed by atoms with E-state index < -0.39 is 12.0 Å². The number of carbonyl (C=O) groups is 1. The number of carboxylic acids is 1. The van der Waals surface area contributed by atoms with Gasteiger partial charge in [0.05, 0.1) is 0 Å². The van der Waals surface area contributed by atoms with Gasteiger partial charge in [0.15, 0.2) is 0 Å². The Labute approximate surface area is 59.6 Å². The molecule has 0 radical (unpaired) electrons. The van der Waals surface area contributed by atoms with Crippen LogP contribution in [0.1, 0.15) is 6.42 Å². The molecule has 0 saturated carbocycles. The van der Waals surface area contributed by atoms with Crippen LogP contribution in [0.15, 0.2) is 0 Å². The van der Waals surface area contributed by atoms with E-state index in [0.29, 0.717) is 6.54 Å². The molecule has 1 saturated heterocycles. The average molecular weight is 144 g/mol. The Balaban J connectivity index is 2.16. The van der Waals surface area contributed by atoms with Gasteiger partial charge in [0.2, 0.25) is 0 Å². The Morgan fingerprint density at radius 2 is 2.30 bits per heavy atom. The molecule has 0 aromatic rings. The van der Waals surface area contributed by atoms with Gasteiger partial charge in [-0.3, -0.25) is 4.79 Å². The number of nitrogens with zero attached hydrogens (tertiary/aromatic N) is 1. The summed E-state index contributed by atoms with van der Waals surface area (Å²) in [4.78, 5) is 12.3. The molecule has 1 unspecified atom stereocenters. The Morgan fingerprint density at radius 1 is 1.70 bits per heavy atom. The van der Waals surface area contributed by atoms with E-state index in [9.17, 15) is 4.79 Å². The molecule has 0 amide bonds. The Morgan fingerprint density at radius 3 is 2.60 bits per heavy atom. The lowest BCUT2D eigenvalue weighted by molar-refractivity contribution is -0.139. The van der Waals surface area contributed by atoms with Crippen LogP contribution in [0.25, 0.3) is 0 Å². The SMILES string of the molecule is NC(CN1CCC1)C(=O)O. The summed E-state index contributed by atoms with van der Waals surface area (Å²) in [5.74, 6) is -0.910. The van der Waals surface area contributed by atoms with E-state index in [4.69, 9.17) is 10.8 Å². The van der Waals surface area contributed by atoms with Gasteiger partial charge in [-0.25, -0.2) is 0 Å². The van der Waals surface area contributed by atoms with Crippen LogP contribution in [-0.4, -0.2) is 41.7 Å². The van der Waals surface area contributed by atoms with Crippen molar-refractivity contribution in [1.29, 1.82) is 0 Å². The first kappa shape index (κ1) is 7.50. The number of rotatable bonds is 3. The van der Waals surface area contributed by atoms with Gasteiger partial charge in [-0.1, -0.05) is 0 Å². The molecule has 1 aliphatic heterocycles. The number of hydrogen-bond donors (Lipinski definition) is 2. The van der Waals surface area contributed by atoms with Crippen LogP contribution in [0, 0.1) is 0 Å². The lowest BCUT2D eigenvalue weighted by Crippen LogP contribution is -2.48. The molecule has 0 aromatic heterocycles. The monoisotopic (exact) mass is 144 g/mol. The van der Waals surface area contributed by atoms with E-state index in [1.165, 1.54) is 6.42 Å². The molecule has 0 spiro atoms. The van der Waals surface area contributed by atoms with E-state index in [1.54, 1.807) is 0 Å². The van der Waals surface area contributed by atoms with Crippen molar-refractivity contribution in [1.82, 2.24) is 4.90 Å². The highest BCUT2D eigenvalue weighted by molar-refractivity contribution is 5.73. The third-order valence-corrected chi connectivity index (χ3v) is 1.72. The molecule has 1 atom stereocenters. The first-order valence-electron chi connectivity index (χ1n) is 3.41. The smallest absolute Gasteiger partial charge is 0.321 e. The fourth-order valence-electron chi connectivity index (χ4n) is 0.921. The Hall–Kier alpha value is -0.610. The molecule has 58 valence electrons. The molecule has 1 heterocycles. The summed E-state index contributed by atoms with van der Waals surface area (Å²) >= 11 is 0. The number of likely N-dealkylation sites (tertiary alicyclic amines) is 1. The van der Waals surface area contributed by atoms with Gasteiger partial charge in [-0.2, -0.15) is 0 Å². The van der Waals surface area contributed by atoms with E-state index in [0.717, 1.165) is 13.1 Å². The molecular weight excluding hydrogens is 132 g/mol. The summed E-state index contributed by atoms with van der Waals surface area (Å²) in [7, 11) is 0. The van der Waals surface area contributed by atoms with Crippen LogP contribution in [0.5, 0.6) is 0 Å². The minimum atomic E-state index is -0.910. The maximum atomic E-state index is 10.2. The Kier molecular flexibility index (Phi) is 2.24. The maximum Gasteiger partial charge on any atom is 0.321 e. The van der Waals surface area contributed by atoms with Gasteiger partial charge in [-0.15, -0.1) is 0 Å². The summed E-state index contributed by atoms with van der Waals surface area (Å²) in [6.45, 7) is 2.50. The molecule has 1 aliphatic rings. The van der Waals surface area contributed by atoms with Crippen LogP contribution in [0.4, 0.5) is 0 Å². The van der Waals surface area contributed by atoms with Crippen molar-refractivity contribution in [3.63, 3.8) is 0 Å². The number of hydrogen-bond acceptors (Lipinski definition) is 3. The quantitative estimate of drug-likeness (QED) is 0.539. The summed E-state index contributed by atoms with van der Waals surface area (Å²) < 4.78 is 0. The van der Waals surface area contributed by atoms with E-state index in [-0.39, 0.29) is 0 Å². The second-order valence-electron chi connectivity index (χ2n) is 2.60. The van der Waals surface area contributed by atoms with Crippen LogP contribution in [0.3, 0.4) is 0 Å². The molecule has 10 heavy (non-hydrogen) atoms. The lowest BCUT2D eigenvalue weighted by Gasteiger charge is -2.31. The van der Waals surface area contributed by atoms with Crippen molar-refractivity contribution in [3.8, 4) is 0 Å². The summed E-state index contributed by atoms with van der Waals surface area (Å²) in [5.41, 5.74) is 5.29. The topological polar surface area (TPSA) is 66.6 Å². The average Bonchev–Trinajstić information content (AvgIpc) is 1.77. The van der Waals surface area contributed by atoms with E-state index >= 15 is 0 Å². The van der Waals surface area contributed by atoms with Crippen molar-refractivity contribution >= 4 is 5.97 Å². The molecule has 1 fully saturated rings. The third-order valence-electron chi connectivity index (χ3n) is 1.72. The standard InChI is InChI=1S/C6H12N2O2/c7-5(6(9)10)4-8-2-1-3-8/h5H,1-4,7H2,(H,9,10). The highest BCUT2D eigenvalue weighted by Crippen LogP contribution is 2.04. The summed E-state index contributed by atoms with van der Waals surface area (Å²) in [6, 6.07) is -0.708. The first-order chi connectivity index (χ1) is 4.70. The second kappa shape index (κ2) is 2.98. The fourth-order valence-corrected chi connectivity index (χ4v) is 0.921. The van der Waals surface area contributed by atoms with E-state index in [1.807, 2.05) is 4.90 Å². The normalized spacial score (nSPS) is 21.7. The van der Waals surface area contributed by atoms with Gasteiger partial charge < -0.3 is 15.7 Å². The van der Waals surface area contributed by atoms with Crippen LogP contribution in [-0.2, 0) is 4.79 Å². The minimum Gasteiger partial charge on any atom is -0.480 e. The van der Waals surface area contributed by atoms with Crippen molar-refractivity contribution in [3.05, 3.63) is 0 Å². The van der Waals surface area contributed by atoms with Crippen molar-refractivity contribution in [2.45, 2.75) is 12.5 Å². The van der Waals surface area contributed by atoms with Crippen LogP contribution in [0.2, 0.25) is 0 Å². The zero-order valence-corrected chi connectivity index (χ0v) is 5.79. The van der Waals surface area contributed by atoms with Crippen molar-refractivity contribution in [2.24, 2.45) is 5.73 Å². The molecule has 4 nitrogen and oxygen atoms in total. The molecule has 1 rings (SSSR count). The zero-order chi connectivity index (χ0) is 7.56. The summed E-state index contributed by atoms with van der Waals surface area (Å²) in [5, 5.41) is 8.40. The van der Waals surface area contributed by atoms with Gasteiger partial charge in [-0.05, 0) is 19.5 Å². The third kappa shape index (κ3) is 1.68. The maximum absolute atomic E-state index is 10.2. The zero-order valence-electron chi connectivity index (χ0n) is 5.79. The fraction of sp³-hybridized carbons (Fsp3) is 0.833. The largest absolute Gasteiger partial charge is 0.480 e. The predicted molar refractivity (Wildman–Crippen MR) is 36.7 cm³/mol. The highest BCUT2D eigenvalue weighted by atomic mass is 16.4. The molecule has 0 aromatic carbocycles. The number of nitrogens with two attached hydrogens (primary N) is 1. The number of aliphatic carboxylic acids is 1. The van der Waals surface area contributed by atoms with Crippen LogP contribution < -0.4 is 5.73 Å². The lowest BCUT2D eigenvalue weighted by atomic mass is 10.2. The van der Waals surface area contributed by atoms with Gasteiger partial charge in [0, 0.05) is 6.54 Å². The molecule has 0 aliphatic carbocycles. The summed E-state index contributed by atoms with van der Waals surface area (Å²) in [6.07, 6.45) is 1.17. The van der Waals surface area contributed by atoms with Gasteiger partial charge >= 0.3 is 5.97 Å². The number of carboxylic acid groups (broad SMARTS) is 1. The van der Waals surface area contributed by atoms with E-state index in [2.05, 4.69) is 0 Å². The first-order valence-corrected chi connectivity index (χ1v) is 3.41. The van der Waals surface area contributed by atoms with Gasteiger partial charge in [0.1, 0.15) is 6.04 Å². The molecule has 3 N–H and O–H groups in total. The molecule has 0 bridgehead atoms.